The lowest BCUT2D eigenvalue weighted by atomic mass is 9.77. The number of hydrogen-bond donors (Lipinski definition) is 0. The molecule has 6 aromatic carbocycles. The van der Waals surface area contributed by atoms with Crippen LogP contribution in [0.25, 0.3) is 22.4 Å². The lowest BCUT2D eigenvalue weighted by molar-refractivity contribution is -0.132. The molecule has 0 amide bonds. The molecule has 2 aromatic heterocycles. The summed E-state index contributed by atoms with van der Waals surface area (Å²) in [6.07, 6.45) is -0.514. The van der Waals surface area contributed by atoms with Gasteiger partial charge >= 0.3 is 23.6 Å². The topological polar surface area (TPSA) is 219 Å². The Balaban J connectivity index is 0.957. The number of esters is 3. The van der Waals surface area contributed by atoms with Crippen LogP contribution in [0, 0.1) is 11.3 Å². The molecule has 3 aliphatic rings. The van der Waals surface area contributed by atoms with Crippen molar-refractivity contribution in [2.45, 2.75) is 96.1 Å². The average molecular weight is 1170 g/mol. The summed E-state index contributed by atoms with van der Waals surface area (Å²) in [6.45, 7) is 10.9. The summed E-state index contributed by atoms with van der Waals surface area (Å²) in [6, 6.07) is 43.9. The number of hydrogen-bond acceptors (Lipinski definition) is 18. The molecule has 4 atom stereocenters. The van der Waals surface area contributed by atoms with Gasteiger partial charge in [-0.25, -0.2) is 14.3 Å². The third-order valence-corrected chi connectivity index (χ3v) is 17.2. The largest absolute Gasteiger partial charge is 0.497 e. The van der Waals surface area contributed by atoms with E-state index in [-0.39, 0.29) is 72.4 Å². The van der Waals surface area contributed by atoms with Crippen LogP contribution in [0.5, 0.6) is 34.5 Å². The number of aromatic nitrogens is 2. The van der Waals surface area contributed by atoms with Crippen molar-refractivity contribution in [2.75, 3.05) is 27.4 Å². The molecule has 1 spiro atoms. The van der Waals surface area contributed by atoms with Crippen molar-refractivity contribution in [2.24, 2.45) is 0 Å². The summed E-state index contributed by atoms with van der Waals surface area (Å²) in [5.74, 6) is 0.780. The molecule has 11 rings (SSSR count). The molecule has 0 N–H and O–H groups in total. The number of benzene rings is 6. The molecule has 19 nitrogen and oxygen atoms in total. The maximum Gasteiger partial charge on any atom is 0.353 e. The van der Waals surface area contributed by atoms with Gasteiger partial charge in [0.2, 0.25) is 5.71 Å². The van der Waals surface area contributed by atoms with Crippen LogP contribution in [0.3, 0.4) is 0 Å². The molecule has 1 saturated heterocycles. The standard InChI is InChI=1S/C65H61N4O15P/c1-38(2)69(39(3)4)85(77-30-12-29-66)84-58-35-60(81-59(58)37-76-64(44-13-10-9-11-14-44,45-16-20-47(74-7)21-17-45)46-18-22-48(75-8)23-19-46)68-36-43-32-55(82-61(43)67-63(68)73)42-15-26-52-51(31-42)62(72)83-65(52)53-27-24-49(78-40(5)70)33-56(53)80-57-34-50(79-41(6)71)25-28-54(57)65/h9-11,13-28,31-34,36,38-39,58-60H,12,30,35,37H2,1-8H3/t58-,59+,60+,85?/m0/s1. The quantitative estimate of drug-likeness (QED) is 0.0228. The SMILES string of the molecule is COc1ccc(C(OC[C@H]2O[C@@H](n3cc4cc(-c5ccc6c(c5)C(=O)OC65c6ccc(OC(C)=O)cc6Oc6cc(OC(C)=O)ccc65)oc4nc3=O)C[C@@H]2OP(OCCC#N)N(C(C)C)C(C)C)(c2ccccc2)c2ccc(OC)cc2)cc1. The first kappa shape index (κ1) is 58.1. The first-order valence-electron chi connectivity index (χ1n) is 27.7. The predicted molar refractivity (Wildman–Crippen MR) is 311 cm³/mol. The predicted octanol–water partition coefficient (Wildman–Crippen LogP) is 12.0. The van der Waals surface area contributed by atoms with Gasteiger partial charge in [-0.05, 0) is 105 Å². The monoisotopic (exact) mass is 1170 g/mol. The smallest absolute Gasteiger partial charge is 0.353 e. The van der Waals surface area contributed by atoms with E-state index in [9.17, 15) is 24.4 Å². The highest BCUT2D eigenvalue weighted by Crippen LogP contribution is 2.58. The maximum atomic E-state index is 14.4. The molecular weight excluding hydrogens is 1110 g/mol. The molecule has 5 heterocycles. The van der Waals surface area contributed by atoms with E-state index in [1.165, 1.54) is 30.5 Å². The molecule has 1 fully saturated rings. The highest BCUT2D eigenvalue weighted by molar-refractivity contribution is 7.44. The van der Waals surface area contributed by atoms with Crippen LogP contribution in [0.15, 0.2) is 155 Å². The van der Waals surface area contributed by atoms with Crippen molar-refractivity contribution in [3.05, 3.63) is 195 Å². The second kappa shape index (κ2) is 24.1. The van der Waals surface area contributed by atoms with Crippen LogP contribution in [0.4, 0.5) is 0 Å². The van der Waals surface area contributed by atoms with E-state index >= 15 is 0 Å². The summed E-state index contributed by atoms with van der Waals surface area (Å²) in [7, 11) is 1.43. The van der Waals surface area contributed by atoms with Crippen molar-refractivity contribution in [1.82, 2.24) is 14.2 Å². The summed E-state index contributed by atoms with van der Waals surface area (Å²) >= 11 is 0. The van der Waals surface area contributed by atoms with Gasteiger partial charge in [0, 0.05) is 72.9 Å². The Labute approximate surface area is 491 Å². The second-order valence-corrected chi connectivity index (χ2v) is 22.5. The third kappa shape index (κ3) is 11.2. The van der Waals surface area contributed by atoms with Crippen LogP contribution < -0.4 is 29.4 Å². The normalized spacial score (nSPS) is 17.0. The Morgan fingerprint density at radius 1 is 0.765 bits per heavy atom. The minimum atomic E-state index is -1.80. The Bertz CT molecular complexity index is 3790. The van der Waals surface area contributed by atoms with E-state index < -0.39 is 61.8 Å². The van der Waals surface area contributed by atoms with Gasteiger partial charge in [-0.15, -0.1) is 0 Å². The van der Waals surface area contributed by atoms with Gasteiger partial charge in [0.15, 0.2) is 5.60 Å². The average Bonchev–Trinajstić information content (AvgIpc) is 1.68. The van der Waals surface area contributed by atoms with Crippen molar-refractivity contribution in [3.8, 4) is 51.9 Å². The third-order valence-electron chi connectivity index (χ3n) is 15.0. The lowest BCUT2D eigenvalue weighted by Crippen LogP contribution is -2.39. The maximum absolute atomic E-state index is 14.4. The molecule has 0 radical (unpaired) electrons. The number of fused-ring (bicyclic) bond motifs is 7. The van der Waals surface area contributed by atoms with Gasteiger partial charge in [-0.1, -0.05) is 66.7 Å². The van der Waals surface area contributed by atoms with E-state index in [2.05, 4.69) is 43.4 Å². The van der Waals surface area contributed by atoms with E-state index in [1.807, 2.05) is 78.9 Å². The first-order chi connectivity index (χ1) is 41.0. The fourth-order valence-corrected chi connectivity index (χ4v) is 13.2. The molecule has 20 heteroatoms. The highest BCUT2D eigenvalue weighted by Gasteiger charge is 2.54. The Morgan fingerprint density at radius 3 is 1.91 bits per heavy atom. The van der Waals surface area contributed by atoms with Crippen LogP contribution in [0.2, 0.25) is 0 Å². The van der Waals surface area contributed by atoms with E-state index in [4.69, 9.17) is 51.4 Å². The number of carbonyl (C=O) groups is 3. The zero-order valence-electron chi connectivity index (χ0n) is 47.9. The highest BCUT2D eigenvalue weighted by atomic mass is 31.2. The number of nitriles is 1. The van der Waals surface area contributed by atoms with Crippen molar-refractivity contribution < 1.29 is 65.7 Å². The van der Waals surface area contributed by atoms with E-state index in [0.29, 0.717) is 44.9 Å². The zero-order chi connectivity index (χ0) is 59.7. The number of nitrogens with zero attached hydrogens (tertiary/aromatic N) is 4. The van der Waals surface area contributed by atoms with Crippen LogP contribution in [-0.4, -0.2) is 83.9 Å². The molecule has 436 valence electrons. The van der Waals surface area contributed by atoms with Crippen LogP contribution >= 0.6 is 8.53 Å². The Hall–Kier alpha value is -8.73. The van der Waals surface area contributed by atoms with Gasteiger partial charge in [-0.2, -0.15) is 10.2 Å². The minimum absolute atomic E-state index is 0.0130. The Morgan fingerprint density at radius 2 is 1.34 bits per heavy atom. The number of methoxy groups -OCH3 is 2. The fourth-order valence-electron chi connectivity index (χ4n) is 11.4. The Kier molecular flexibility index (Phi) is 16.5. The molecular formula is C65H61N4O15P. The minimum Gasteiger partial charge on any atom is -0.497 e. The van der Waals surface area contributed by atoms with Gasteiger partial charge in [0.1, 0.15) is 58.2 Å². The zero-order valence-corrected chi connectivity index (χ0v) is 48.8. The molecule has 85 heavy (non-hydrogen) atoms. The molecule has 8 aromatic rings. The number of carbonyl (C=O) groups excluding carboxylic acids is 3. The van der Waals surface area contributed by atoms with Crippen molar-refractivity contribution in [1.29, 1.82) is 5.26 Å². The summed E-state index contributed by atoms with van der Waals surface area (Å²) < 4.78 is 72.5. The fraction of sp³-hybridized carbons (Fsp3) is 0.292. The molecule has 0 bridgehead atoms. The lowest BCUT2D eigenvalue weighted by Gasteiger charge is -2.39. The summed E-state index contributed by atoms with van der Waals surface area (Å²) in [4.78, 5) is 57.1. The van der Waals surface area contributed by atoms with Gasteiger partial charge in [0.25, 0.3) is 8.53 Å². The van der Waals surface area contributed by atoms with Gasteiger partial charge < -0.3 is 51.4 Å². The summed E-state index contributed by atoms with van der Waals surface area (Å²) in [5, 5.41) is 10.0. The van der Waals surface area contributed by atoms with Crippen molar-refractivity contribution in [3.63, 3.8) is 0 Å². The van der Waals surface area contributed by atoms with E-state index in [0.717, 1.165) is 16.7 Å². The van der Waals surface area contributed by atoms with Gasteiger partial charge in [-0.3, -0.25) is 14.2 Å². The van der Waals surface area contributed by atoms with Crippen LogP contribution in [0.1, 0.15) is 104 Å². The van der Waals surface area contributed by atoms with Crippen molar-refractivity contribution >= 4 is 37.5 Å². The number of ether oxygens (including phenoxy) is 8. The number of furan rings is 1. The van der Waals surface area contributed by atoms with Gasteiger partial charge in [0.05, 0.1) is 57.0 Å². The molecule has 0 aliphatic carbocycles. The second-order valence-electron chi connectivity index (χ2n) is 21.1. The van der Waals surface area contributed by atoms with Crippen LogP contribution in [-0.2, 0) is 44.0 Å². The van der Waals surface area contributed by atoms with E-state index in [1.54, 1.807) is 68.9 Å². The first-order valence-corrected chi connectivity index (χ1v) is 28.8. The summed E-state index contributed by atoms with van der Waals surface area (Å²) in [5.41, 5.74) is 1.15. The molecule has 0 saturated carbocycles. The molecule has 3 aliphatic heterocycles. The number of rotatable bonds is 20. The molecule has 1 unspecified atom stereocenters.